The van der Waals surface area contributed by atoms with E-state index in [0.29, 0.717) is 6.54 Å². The maximum atomic E-state index is 9.35. The van der Waals surface area contributed by atoms with Crippen LogP contribution >= 0.6 is 0 Å². The van der Waals surface area contributed by atoms with Gasteiger partial charge in [-0.3, -0.25) is 0 Å². The molecule has 0 amide bonds. The predicted molar refractivity (Wildman–Crippen MR) is 94.7 cm³/mol. The summed E-state index contributed by atoms with van der Waals surface area (Å²) in [7, 11) is 0. The molecule has 1 saturated heterocycles. The van der Waals surface area contributed by atoms with Gasteiger partial charge in [0.2, 0.25) is 0 Å². The van der Waals surface area contributed by atoms with E-state index in [4.69, 9.17) is 0 Å². The summed E-state index contributed by atoms with van der Waals surface area (Å²) in [5, 5.41) is 16.1. The van der Waals surface area contributed by atoms with Gasteiger partial charge in [-0.2, -0.15) is 5.26 Å². The highest BCUT2D eigenvalue weighted by Gasteiger charge is 2.12. The van der Waals surface area contributed by atoms with Crippen LogP contribution in [0.3, 0.4) is 0 Å². The summed E-state index contributed by atoms with van der Waals surface area (Å²) >= 11 is 0. The minimum Gasteiger partial charge on any atom is -0.381 e. The smallest absolute Gasteiger partial charge is 0.0995 e. The molecule has 0 unspecified atom stereocenters. The summed E-state index contributed by atoms with van der Waals surface area (Å²) < 4.78 is 0. The fraction of sp³-hybridized carbons (Fsp3) is 0.316. The molecule has 2 aromatic rings. The van der Waals surface area contributed by atoms with Crippen LogP contribution < -0.4 is 15.5 Å². The van der Waals surface area contributed by atoms with Crippen LogP contribution in [0, 0.1) is 18.3 Å². The molecule has 2 N–H and O–H groups in total. The van der Waals surface area contributed by atoms with Crippen LogP contribution in [0.15, 0.2) is 42.5 Å². The van der Waals surface area contributed by atoms with Crippen LogP contribution in [0.1, 0.15) is 16.7 Å². The van der Waals surface area contributed by atoms with Gasteiger partial charge in [0, 0.05) is 44.1 Å². The predicted octanol–water partition coefficient (Wildman–Crippen LogP) is 2.89. The van der Waals surface area contributed by atoms with E-state index in [9.17, 15) is 5.26 Å². The zero-order valence-corrected chi connectivity index (χ0v) is 13.5. The lowest BCUT2D eigenvalue weighted by atomic mass is 10.1. The van der Waals surface area contributed by atoms with Crippen molar-refractivity contribution in [2.75, 3.05) is 36.4 Å². The standard InChI is InChI=1S/C19H22N4/c1-15-2-5-18(6-3-15)22-14-17-12-19(7-4-16(17)13-20)23-10-8-21-9-11-23/h2-7,12,21-22H,8-11,14H2,1H3. The van der Waals surface area contributed by atoms with Gasteiger partial charge in [-0.25, -0.2) is 0 Å². The van der Waals surface area contributed by atoms with Crippen LogP contribution in [-0.4, -0.2) is 26.2 Å². The Morgan fingerprint density at radius 3 is 2.57 bits per heavy atom. The van der Waals surface area contributed by atoms with Gasteiger partial charge in [-0.15, -0.1) is 0 Å². The lowest BCUT2D eigenvalue weighted by Gasteiger charge is -2.30. The first-order valence-corrected chi connectivity index (χ1v) is 8.05. The summed E-state index contributed by atoms with van der Waals surface area (Å²) in [5.41, 5.74) is 5.31. The Balaban J connectivity index is 1.76. The molecule has 23 heavy (non-hydrogen) atoms. The van der Waals surface area contributed by atoms with Crippen molar-refractivity contribution in [1.29, 1.82) is 5.26 Å². The molecule has 1 fully saturated rings. The van der Waals surface area contributed by atoms with Crippen LogP contribution in [-0.2, 0) is 6.54 Å². The Labute approximate surface area is 137 Å². The van der Waals surface area contributed by atoms with E-state index < -0.39 is 0 Å². The molecule has 118 valence electrons. The van der Waals surface area contributed by atoms with Gasteiger partial charge in [0.1, 0.15) is 0 Å². The van der Waals surface area contributed by atoms with Crippen molar-refractivity contribution in [2.45, 2.75) is 13.5 Å². The Kier molecular flexibility index (Phi) is 4.80. The number of aryl methyl sites for hydroxylation is 1. The fourth-order valence-electron chi connectivity index (χ4n) is 2.82. The van der Waals surface area contributed by atoms with Gasteiger partial charge >= 0.3 is 0 Å². The second-order valence-electron chi connectivity index (χ2n) is 5.91. The van der Waals surface area contributed by atoms with Gasteiger partial charge in [-0.1, -0.05) is 17.7 Å². The Bertz CT molecular complexity index is 694. The van der Waals surface area contributed by atoms with Crippen LogP contribution in [0.2, 0.25) is 0 Å². The second kappa shape index (κ2) is 7.17. The van der Waals surface area contributed by atoms with E-state index in [0.717, 1.165) is 43.0 Å². The number of nitrogens with zero attached hydrogens (tertiary/aromatic N) is 2. The summed E-state index contributed by atoms with van der Waals surface area (Å²) in [5.74, 6) is 0. The lowest BCUT2D eigenvalue weighted by molar-refractivity contribution is 0.589. The Morgan fingerprint density at radius 1 is 1.13 bits per heavy atom. The second-order valence-corrected chi connectivity index (χ2v) is 5.91. The average molecular weight is 306 g/mol. The molecule has 1 aliphatic rings. The van der Waals surface area contributed by atoms with Crippen LogP contribution in [0.5, 0.6) is 0 Å². The normalized spacial score (nSPS) is 14.3. The van der Waals surface area contributed by atoms with E-state index >= 15 is 0 Å². The van der Waals surface area contributed by atoms with Gasteiger partial charge in [0.05, 0.1) is 11.6 Å². The van der Waals surface area contributed by atoms with Crippen molar-refractivity contribution in [2.24, 2.45) is 0 Å². The molecule has 0 saturated carbocycles. The van der Waals surface area contributed by atoms with Gasteiger partial charge in [-0.05, 0) is 42.8 Å². The monoisotopic (exact) mass is 306 g/mol. The number of nitriles is 1. The highest BCUT2D eigenvalue weighted by atomic mass is 15.2. The number of nitrogens with one attached hydrogen (secondary N) is 2. The highest BCUT2D eigenvalue weighted by Crippen LogP contribution is 2.21. The minimum absolute atomic E-state index is 0.659. The molecule has 0 bridgehead atoms. The molecular weight excluding hydrogens is 284 g/mol. The highest BCUT2D eigenvalue weighted by molar-refractivity contribution is 5.55. The van der Waals surface area contributed by atoms with E-state index in [2.05, 4.69) is 64.9 Å². The van der Waals surface area contributed by atoms with E-state index in [1.807, 2.05) is 6.07 Å². The molecular formula is C19H22N4. The average Bonchev–Trinajstić information content (AvgIpc) is 2.62. The molecule has 4 heteroatoms. The molecule has 0 aromatic heterocycles. The van der Waals surface area contributed by atoms with Crippen molar-refractivity contribution in [3.05, 3.63) is 59.2 Å². The van der Waals surface area contributed by atoms with Gasteiger partial charge in [0.25, 0.3) is 0 Å². The number of piperazine rings is 1. The summed E-state index contributed by atoms with van der Waals surface area (Å²) in [6.45, 7) is 6.78. The number of hydrogen-bond acceptors (Lipinski definition) is 4. The van der Waals surface area contributed by atoms with E-state index in [1.54, 1.807) is 0 Å². The molecule has 0 spiro atoms. The van der Waals surface area contributed by atoms with Crippen molar-refractivity contribution < 1.29 is 0 Å². The summed E-state index contributed by atoms with van der Waals surface area (Å²) in [4.78, 5) is 2.37. The third-order valence-electron chi connectivity index (χ3n) is 4.23. The molecule has 2 aromatic carbocycles. The first-order valence-electron chi connectivity index (χ1n) is 8.05. The summed E-state index contributed by atoms with van der Waals surface area (Å²) in [6, 6.07) is 16.8. The van der Waals surface area contributed by atoms with Gasteiger partial charge < -0.3 is 15.5 Å². The zero-order chi connectivity index (χ0) is 16.1. The SMILES string of the molecule is Cc1ccc(NCc2cc(N3CCNCC3)ccc2C#N)cc1. The topological polar surface area (TPSA) is 51.1 Å². The van der Waals surface area contributed by atoms with Crippen molar-refractivity contribution in [1.82, 2.24) is 5.32 Å². The first kappa shape index (κ1) is 15.4. The number of hydrogen-bond donors (Lipinski definition) is 2. The number of benzene rings is 2. The Hall–Kier alpha value is -2.51. The summed E-state index contributed by atoms with van der Waals surface area (Å²) in [6.07, 6.45) is 0. The van der Waals surface area contributed by atoms with Crippen molar-refractivity contribution in [3.8, 4) is 6.07 Å². The Morgan fingerprint density at radius 2 is 1.87 bits per heavy atom. The third kappa shape index (κ3) is 3.82. The largest absolute Gasteiger partial charge is 0.381 e. The molecule has 4 nitrogen and oxygen atoms in total. The molecule has 0 aliphatic carbocycles. The first-order chi connectivity index (χ1) is 11.3. The van der Waals surface area contributed by atoms with E-state index in [1.165, 1.54) is 11.3 Å². The molecule has 0 radical (unpaired) electrons. The van der Waals surface area contributed by atoms with E-state index in [-0.39, 0.29) is 0 Å². The zero-order valence-electron chi connectivity index (χ0n) is 13.5. The maximum absolute atomic E-state index is 9.35. The third-order valence-corrected chi connectivity index (χ3v) is 4.23. The molecule has 3 rings (SSSR count). The van der Waals surface area contributed by atoms with Gasteiger partial charge in [0.15, 0.2) is 0 Å². The van der Waals surface area contributed by atoms with Crippen LogP contribution in [0.4, 0.5) is 11.4 Å². The molecule has 1 aliphatic heterocycles. The van der Waals surface area contributed by atoms with Crippen LogP contribution in [0.25, 0.3) is 0 Å². The maximum Gasteiger partial charge on any atom is 0.0995 e. The minimum atomic E-state index is 0.659. The van der Waals surface area contributed by atoms with Crippen molar-refractivity contribution in [3.63, 3.8) is 0 Å². The lowest BCUT2D eigenvalue weighted by Crippen LogP contribution is -2.43. The quantitative estimate of drug-likeness (QED) is 0.912. The molecule has 1 heterocycles. The number of anilines is 2. The number of rotatable bonds is 4. The van der Waals surface area contributed by atoms with Crippen molar-refractivity contribution >= 4 is 11.4 Å². The molecule has 0 atom stereocenters. The fourth-order valence-corrected chi connectivity index (χ4v) is 2.82.